The maximum atomic E-state index is 11.8. The van der Waals surface area contributed by atoms with Crippen LogP contribution in [0.1, 0.15) is 45.2 Å². The van der Waals surface area contributed by atoms with Crippen molar-refractivity contribution in [1.29, 1.82) is 0 Å². The molecule has 0 spiro atoms. The lowest BCUT2D eigenvalue weighted by molar-refractivity contribution is -0.122. The maximum absolute atomic E-state index is 11.8. The summed E-state index contributed by atoms with van der Waals surface area (Å²) in [5.74, 6) is 0.0548. The van der Waals surface area contributed by atoms with Crippen molar-refractivity contribution in [3.8, 4) is 0 Å². The molecule has 18 heavy (non-hydrogen) atoms. The van der Waals surface area contributed by atoms with E-state index in [0.29, 0.717) is 0 Å². The van der Waals surface area contributed by atoms with Crippen LogP contribution in [0, 0.1) is 0 Å². The van der Waals surface area contributed by atoms with Crippen molar-refractivity contribution >= 4 is 5.91 Å². The second kappa shape index (κ2) is 7.82. The van der Waals surface area contributed by atoms with E-state index in [2.05, 4.69) is 22.5 Å². The first-order valence-electron chi connectivity index (χ1n) is 6.58. The zero-order chi connectivity index (χ0) is 13.4. The quantitative estimate of drug-likeness (QED) is 0.727. The molecule has 0 radical (unpaired) electrons. The zero-order valence-electron chi connectivity index (χ0n) is 11.4. The second-order valence-electron chi connectivity index (χ2n) is 4.54. The molecule has 0 saturated heterocycles. The fraction of sp³-hybridized carbons (Fsp3) is 0.571. The molecular formula is C14H23N3O. The molecule has 0 aliphatic rings. The van der Waals surface area contributed by atoms with E-state index in [9.17, 15) is 4.79 Å². The van der Waals surface area contributed by atoms with Gasteiger partial charge in [0.1, 0.15) is 0 Å². The van der Waals surface area contributed by atoms with Crippen LogP contribution in [0.3, 0.4) is 0 Å². The Bertz CT molecular complexity index is 353. The molecule has 0 bridgehead atoms. The monoisotopic (exact) mass is 249 g/mol. The number of unbranched alkanes of at least 4 members (excludes halogenated alkanes) is 1. The lowest BCUT2D eigenvalue weighted by Crippen LogP contribution is -2.43. The molecule has 100 valence electrons. The van der Waals surface area contributed by atoms with Gasteiger partial charge in [0.15, 0.2) is 0 Å². The second-order valence-corrected chi connectivity index (χ2v) is 4.54. The molecule has 2 N–H and O–H groups in total. The Kier molecular flexibility index (Phi) is 6.36. The highest BCUT2D eigenvalue weighted by molar-refractivity contribution is 5.81. The average molecular weight is 249 g/mol. The highest BCUT2D eigenvalue weighted by Crippen LogP contribution is 2.10. The van der Waals surface area contributed by atoms with Crippen LogP contribution in [0.25, 0.3) is 0 Å². The first-order chi connectivity index (χ1) is 8.65. The fourth-order valence-electron chi connectivity index (χ4n) is 1.72. The number of aromatic nitrogens is 1. The van der Waals surface area contributed by atoms with Crippen molar-refractivity contribution in [3.63, 3.8) is 0 Å². The van der Waals surface area contributed by atoms with Crippen molar-refractivity contribution in [2.45, 2.75) is 45.7 Å². The first-order valence-corrected chi connectivity index (χ1v) is 6.58. The maximum Gasteiger partial charge on any atom is 0.236 e. The first kappa shape index (κ1) is 14.6. The van der Waals surface area contributed by atoms with Gasteiger partial charge in [0, 0.05) is 25.0 Å². The number of carbonyl (C=O) groups is 1. The topological polar surface area (TPSA) is 54.0 Å². The summed E-state index contributed by atoms with van der Waals surface area (Å²) >= 11 is 0. The third-order valence-electron chi connectivity index (χ3n) is 2.91. The summed E-state index contributed by atoms with van der Waals surface area (Å²) in [5, 5.41) is 6.19. The summed E-state index contributed by atoms with van der Waals surface area (Å²) in [4.78, 5) is 15.9. The van der Waals surface area contributed by atoms with Gasteiger partial charge in [0.2, 0.25) is 5.91 Å². The lowest BCUT2D eigenvalue weighted by Gasteiger charge is -2.19. The Hall–Kier alpha value is -1.42. The number of carbonyl (C=O) groups excluding carboxylic acids is 1. The van der Waals surface area contributed by atoms with Crippen LogP contribution in [0.5, 0.6) is 0 Å². The molecule has 1 unspecified atom stereocenters. The summed E-state index contributed by atoms with van der Waals surface area (Å²) < 4.78 is 0. The molecule has 1 heterocycles. The SMILES string of the molecule is CCCCNC(=O)C(C)N[C@H](C)c1cccnc1. The van der Waals surface area contributed by atoms with Gasteiger partial charge in [-0.3, -0.25) is 15.1 Å². The number of pyridine rings is 1. The van der Waals surface area contributed by atoms with Gasteiger partial charge in [0.05, 0.1) is 6.04 Å². The van der Waals surface area contributed by atoms with Gasteiger partial charge in [-0.05, 0) is 31.9 Å². The van der Waals surface area contributed by atoms with Crippen molar-refractivity contribution in [3.05, 3.63) is 30.1 Å². The molecule has 0 saturated carbocycles. The predicted octanol–water partition coefficient (Wildman–Crippen LogP) is 2.04. The van der Waals surface area contributed by atoms with Gasteiger partial charge >= 0.3 is 0 Å². The molecule has 1 aromatic heterocycles. The molecule has 1 amide bonds. The normalized spacial score (nSPS) is 13.9. The number of hydrogen-bond donors (Lipinski definition) is 2. The number of amides is 1. The van der Waals surface area contributed by atoms with E-state index in [-0.39, 0.29) is 18.0 Å². The Morgan fingerprint density at radius 3 is 2.83 bits per heavy atom. The number of nitrogens with zero attached hydrogens (tertiary/aromatic N) is 1. The van der Waals surface area contributed by atoms with Crippen LogP contribution in [0.15, 0.2) is 24.5 Å². The van der Waals surface area contributed by atoms with E-state index in [1.54, 1.807) is 6.20 Å². The van der Waals surface area contributed by atoms with Crippen LogP contribution in [0.2, 0.25) is 0 Å². The van der Waals surface area contributed by atoms with Crippen LogP contribution >= 0.6 is 0 Å². The van der Waals surface area contributed by atoms with Gasteiger partial charge in [-0.2, -0.15) is 0 Å². The number of hydrogen-bond acceptors (Lipinski definition) is 3. The van der Waals surface area contributed by atoms with Crippen LogP contribution < -0.4 is 10.6 Å². The summed E-state index contributed by atoms with van der Waals surface area (Å²) in [7, 11) is 0. The van der Waals surface area contributed by atoms with Crippen molar-refractivity contribution in [2.24, 2.45) is 0 Å². The minimum Gasteiger partial charge on any atom is -0.355 e. The molecule has 0 aliphatic carbocycles. The van der Waals surface area contributed by atoms with E-state index in [1.165, 1.54) is 0 Å². The third-order valence-corrected chi connectivity index (χ3v) is 2.91. The predicted molar refractivity (Wildman–Crippen MR) is 73.2 cm³/mol. The molecule has 4 heteroatoms. The molecule has 1 rings (SSSR count). The van der Waals surface area contributed by atoms with Crippen molar-refractivity contribution in [2.75, 3.05) is 6.54 Å². The van der Waals surface area contributed by atoms with Crippen LogP contribution in [-0.4, -0.2) is 23.5 Å². The third kappa shape index (κ3) is 4.84. The Labute approximate surface area is 109 Å². The van der Waals surface area contributed by atoms with E-state index in [0.717, 1.165) is 24.9 Å². The van der Waals surface area contributed by atoms with E-state index < -0.39 is 0 Å². The molecule has 0 fully saturated rings. The zero-order valence-corrected chi connectivity index (χ0v) is 11.4. The minimum atomic E-state index is -0.197. The summed E-state index contributed by atoms with van der Waals surface area (Å²) in [6, 6.07) is 3.83. The Morgan fingerprint density at radius 2 is 2.22 bits per heavy atom. The summed E-state index contributed by atoms with van der Waals surface area (Å²) in [6.07, 6.45) is 5.68. The highest BCUT2D eigenvalue weighted by atomic mass is 16.2. The van der Waals surface area contributed by atoms with Gasteiger partial charge in [-0.15, -0.1) is 0 Å². The van der Waals surface area contributed by atoms with E-state index >= 15 is 0 Å². The standard InChI is InChI=1S/C14H23N3O/c1-4-5-9-16-14(18)12(3)17-11(2)13-7-6-8-15-10-13/h6-8,10-12,17H,4-5,9H2,1-3H3,(H,16,18)/t11-,12?/m1/s1. The Balaban J connectivity index is 2.39. The number of nitrogens with one attached hydrogen (secondary N) is 2. The minimum absolute atomic E-state index is 0.0548. The van der Waals surface area contributed by atoms with Crippen LogP contribution in [0.4, 0.5) is 0 Å². The fourth-order valence-corrected chi connectivity index (χ4v) is 1.72. The molecule has 0 aliphatic heterocycles. The van der Waals surface area contributed by atoms with Gasteiger partial charge in [-0.25, -0.2) is 0 Å². The van der Waals surface area contributed by atoms with Crippen molar-refractivity contribution in [1.82, 2.24) is 15.6 Å². The molecule has 4 nitrogen and oxygen atoms in total. The molecular weight excluding hydrogens is 226 g/mol. The average Bonchev–Trinajstić information content (AvgIpc) is 2.39. The lowest BCUT2D eigenvalue weighted by atomic mass is 10.1. The Morgan fingerprint density at radius 1 is 1.44 bits per heavy atom. The van der Waals surface area contributed by atoms with Gasteiger partial charge in [0.25, 0.3) is 0 Å². The van der Waals surface area contributed by atoms with Crippen LogP contribution in [-0.2, 0) is 4.79 Å². The smallest absolute Gasteiger partial charge is 0.236 e. The molecule has 2 atom stereocenters. The number of rotatable bonds is 7. The molecule has 0 aromatic carbocycles. The van der Waals surface area contributed by atoms with Gasteiger partial charge in [-0.1, -0.05) is 19.4 Å². The summed E-state index contributed by atoms with van der Waals surface area (Å²) in [5.41, 5.74) is 1.09. The molecule has 1 aromatic rings. The highest BCUT2D eigenvalue weighted by Gasteiger charge is 2.15. The van der Waals surface area contributed by atoms with Gasteiger partial charge < -0.3 is 5.32 Å². The van der Waals surface area contributed by atoms with Crippen molar-refractivity contribution < 1.29 is 4.79 Å². The largest absolute Gasteiger partial charge is 0.355 e. The van der Waals surface area contributed by atoms with E-state index in [1.807, 2.05) is 32.2 Å². The van der Waals surface area contributed by atoms with E-state index in [4.69, 9.17) is 0 Å². The summed E-state index contributed by atoms with van der Waals surface area (Å²) in [6.45, 7) is 6.78.